The van der Waals surface area contributed by atoms with Crippen LogP contribution in [0.15, 0.2) is 34.5 Å². The summed E-state index contributed by atoms with van der Waals surface area (Å²) in [4.78, 5) is 12.3. The van der Waals surface area contributed by atoms with E-state index in [9.17, 15) is 13.2 Å². The summed E-state index contributed by atoms with van der Waals surface area (Å²) in [6.45, 7) is 4.24. The molecule has 1 fully saturated rings. The molecule has 0 spiro atoms. The summed E-state index contributed by atoms with van der Waals surface area (Å²) >= 11 is 7.52. The van der Waals surface area contributed by atoms with Crippen LogP contribution in [0.1, 0.15) is 59.8 Å². The highest BCUT2D eigenvalue weighted by Crippen LogP contribution is 2.30. The Balaban J connectivity index is 1.68. The van der Waals surface area contributed by atoms with Gasteiger partial charge in [0.15, 0.2) is 0 Å². The molecule has 0 bridgehead atoms. The van der Waals surface area contributed by atoms with Gasteiger partial charge in [0.1, 0.15) is 4.21 Å². The van der Waals surface area contributed by atoms with Crippen molar-refractivity contribution in [2.45, 2.75) is 55.7 Å². The minimum atomic E-state index is -3.52. The van der Waals surface area contributed by atoms with E-state index >= 15 is 0 Å². The van der Waals surface area contributed by atoms with E-state index in [4.69, 9.17) is 17.3 Å². The lowest BCUT2D eigenvalue weighted by molar-refractivity contribution is 0.1000. The Labute approximate surface area is 193 Å². The molecule has 1 unspecified atom stereocenters. The second-order valence-electron chi connectivity index (χ2n) is 7.91. The van der Waals surface area contributed by atoms with Crippen molar-refractivity contribution >= 4 is 38.9 Å². The molecule has 1 amide bonds. The third kappa shape index (κ3) is 6.29. The minimum absolute atomic E-state index is 0.349. The van der Waals surface area contributed by atoms with Gasteiger partial charge in [-0.3, -0.25) is 4.79 Å². The van der Waals surface area contributed by atoms with Gasteiger partial charge in [0.05, 0.1) is 0 Å². The SMILES string of the molecule is CCCCNC1CCCN(S(=O)(=O)c2ccc(Cc3cc(C(N)=O)ccc3Cl)s2)CC1. The standard InChI is InChI=1S/C22H30ClN3O3S2/c1-2-3-11-25-18-5-4-12-26(13-10-18)31(28,29)21-9-7-19(30-21)15-17-14-16(22(24)27)6-8-20(17)23/h6-9,14,18,25H,2-5,10-13,15H2,1H3,(H2,24,27). The van der Waals surface area contributed by atoms with E-state index in [1.807, 2.05) is 6.07 Å². The molecule has 1 saturated heterocycles. The van der Waals surface area contributed by atoms with Crippen LogP contribution >= 0.6 is 22.9 Å². The number of hydrogen-bond donors (Lipinski definition) is 2. The maximum atomic E-state index is 13.2. The molecule has 0 radical (unpaired) electrons. The lowest BCUT2D eigenvalue weighted by Gasteiger charge is -2.19. The highest BCUT2D eigenvalue weighted by molar-refractivity contribution is 7.91. The van der Waals surface area contributed by atoms with Gasteiger partial charge in [-0.1, -0.05) is 24.9 Å². The Kier molecular flexibility index (Phi) is 8.52. The Hall–Kier alpha value is -1.45. The van der Waals surface area contributed by atoms with E-state index in [2.05, 4.69) is 12.2 Å². The summed E-state index contributed by atoms with van der Waals surface area (Å²) in [5.74, 6) is -0.518. The van der Waals surface area contributed by atoms with Gasteiger partial charge in [-0.15, -0.1) is 11.3 Å². The molecule has 2 heterocycles. The van der Waals surface area contributed by atoms with Crippen molar-refractivity contribution in [3.63, 3.8) is 0 Å². The van der Waals surface area contributed by atoms with Gasteiger partial charge in [-0.2, -0.15) is 4.31 Å². The Morgan fingerprint density at radius 1 is 1.26 bits per heavy atom. The van der Waals surface area contributed by atoms with Crippen molar-refractivity contribution in [3.8, 4) is 0 Å². The molecular formula is C22H30ClN3O3S2. The third-order valence-electron chi connectivity index (χ3n) is 5.58. The van der Waals surface area contributed by atoms with Crippen LogP contribution in [0.3, 0.4) is 0 Å². The number of primary amides is 1. The topological polar surface area (TPSA) is 92.5 Å². The Morgan fingerprint density at radius 3 is 2.81 bits per heavy atom. The summed E-state index contributed by atoms with van der Waals surface area (Å²) in [5, 5.41) is 4.08. The zero-order valence-corrected chi connectivity index (χ0v) is 20.2. The molecule has 1 aromatic carbocycles. The number of nitrogens with one attached hydrogen (secondary N) is 1. The minimum Gasteiger partial charge on any atom is -0.366 e. The molecule has 6 nitrogen and oxygen atoms in total. The second-order valence-corrected chi connectivity index (χ2v) is 11.6. The predicted molar refractivity (Wildman–Crippen MR) is 126 cm³/mol. The lowest BCUT2D eigenvalue weighted by Crippen LogP contribution is -2.34. The van der Waals surface area contributed by atoms with E-state index in [1.165, 1.54) is 11.3 Å². The van der Waals surface area contributed by atoms with E-state index in [0.29, 0.717) is 40.3 Å². The Bertz CT molecular complexity index is 1010. The van der Waals surface area contributed by atoms with E-state index in [1.54, 1.807) is 28.6 Å². The van der Waals surface area contributed by atoms with Crippen molar-refractivity contribution in [1.82, 2.24) is 9.62 Å². The molecule has 1 aliphatic rings. The van der Waals surface area contributed by atoms with Crippen LogP contribution < -0.4 is 11.1 Å². The highest BCUT2D eigenvalue weighted by Gasteiger charge is 2.28. The number of halogens is 1. The number of sulfonamides is 1. The van der Waals surface area contributed by atoms with E-state index in [-0.39, 0.29) is 0 Å². The van der Waals surface area contributed by atoms with E-state index < -0.39 is 15.9 Å². The van der Waals surface area contributed by atoms with Crippen molar-refractivity contribution in [1.29, 1.82) is 0 Å². The number of hydrogen-bond acceptors (Lipinski definition) is 5. The van der Waals surface area contributed by atoms with Gasteiger partial charge >= 0.3 is 0 Å². The van der Waals surface area contributed by atoms with Crippen molar-refractivity contribution in [2.24, 2.45) is 5.73 Å². The summed E-state index contributed by atoms with van der Waals surface area (Å²) in [6, 6.07) is 8.76. The zero-order chi connectivity index (χ0) is 22.4. The van der Waals surface area contributed by atoms with Crippen molar-refractivity contribution in [2.75, 3.05) is 19.6 Å². The number of carbonyl (C=O) groups excluding carboxylic acids is 1. The van der Waals surface area contributed by atoms with Gasteiger partial charge in [0, 0.05) is 41.0 Å². The molecule has 1 aliphatic heterocycles. The summed E-state index contributed by atoms with van der Waals surface area (Å²) in [5.41, 5.74) is 6.49. The van der Waals surface area contributed by atoms with Crippen LogP contribution in [-0.4, -0.2) is 44.3 Å². The number of thiophene rings is 1. The van der Waals surface area contributed by atoms with Crippen LogP contribution in [0.2, 0.25) is 5.02 Å². The average molecular weight is 484 g/mol. The first-order valence-electron chi connectivity index (χ1n) is 10.7. The maximum absolute atomic E-state index is 13.2. The summed E-state index contributed by atoms with van der Waals surface area (Å²) in [7, 11) is -3.52. The smallest absolute Gasteiger partial charge is 0.252 e. The van der Waals surface area contributed by atoms with Gasteiger partial charge in [-0.05, 0) is 68.1 Å². The number of benzene rings is 1. The molecule has 0 aliphatic carbocycles. The van der Waals surface area contributed by atoms with Gasteiger partial charge in [0.2, 0.25) is 5.91 Å². The quantitative estimate of drug-likeness (QED) is 0.527. The van der Waals surface area contributed by atoms with Crippen LogP contribution in [-0.2, 0) is 16.4 Å². The van der Waals surface area contributed by atoms with Crippen molar-refractivity contribution < 1.29 is 13.2 Å². The maximum Gasteiger partial charge on any atom is 0.252 e. The van der Waals surface area contributed by atoms with Gasteiger partial charge in [-0.25, -0.2) is 8.42 Å². The molecule has 3 rings (SSSR count). The average Bonchev–Trinajstić information content (AvgIpc) is 3.07. The number of rotatable bonds is 9. The summed E-state index contributed by atoms with van der Waals surface area (Å²) < 4.78 is 28.4. The fourth-order valence-electron chi connectivity index (χ4n) is 3.77. The number of carbonyl (C=O) groups is 1. The summed E-state index contributed by atoms with van der Waals surface area (Å²) in [6.07, 6.45) is 5.43. The van der Waals surface area contributed by atoms with Crippen LogP contribution in [0, 0.1) is 0 Å². The van der Waals surface area contributed by atoms with Crippen LogP contribution in [0.5, 0.6) is 0 Å². The molecule has 31 heavy (non-hydrogen) atoms. The second kappa shape index (κ2) is 10.9. The normalized spacial score (nSPS) is 18.1. The monoisotopic (exact) mass is 483 g/mol. The molecule has 170 valence electrons. The largest absolute Gasteiger partial charge is 0.366 e. The fraction of sp³-hybridized carbons (Fsp3) is 0.500. The molecule has 0 saturated carbocycles. The molecule has 1 atom stereocenters. The lowest BCUT2D eigenvalue weighted by atomic mass is 10.1. The molecule has 1 aromatic heterocycles. The van der Waals surface area contributed by atoms with E-state index in [0.717, 1.165) is 49.1 Å². The zero-order valence-electron chi connectivity index (χ0n) is 17.8. The van der Waals surface area contributed by atoms with Gasteiger partial charge < -0.3 is 11.1 Å². The van der Waals surface area contributed by atoms with Crippen LogP contribution in [0.4, 0.5) is 0 Å². The third-order valence-corrected chi connectivity index (χ3v) is 9.40. The number of unbranched alkanes of at least 4 members (excludes halogenated alkanes) is 1. The molecular weight excluding hydrogens is 454 g/mol. The fourth-order valence-corrected chi connectivity index (χ4v) is 6.98. The first-order valence-corrected chi connectivity index (χ1v) is 13.3. The first-order chi connectivity index (χ1) is 14.8. The number of amides is 1. The van der Waals surface area contributed by atoms with Gasteiger partial charge in [0.25, 0.3) is 10.0 Å². The van der Waals surface area contributed by atoms with Crippen LogP contribution in [0.25, 0.3) is 0 Å². The molecule has 9 heteroatoms. The Morgan fingerprint density at radius 2 is 2.06 bits per heavy atom. The highest BCUT2D eigenvalue weighted by atomic mass is 35.5. The predicted octanol–water partition coefficient (Wildman–Crippen LogP) is 4.02. The molecule has 2 aromatic rings. The first kappa shape index (κ1) is 24.2. The number of nitrogens with zero attached hydrogens (tertiary/aromatic N) is 1. The number of nitrogens with two attached hydrogens (primary N) is 1. The molecule has 3 N–H and O–H groups in total. The van der Waals surface area contributed by atoms with Crippen molar-refractivity contribution in [3.05, 3.63) is 51.4 Å².